The average Bonchev–Trinajstić information content (AvgIpc) is 2.83. The molecule has 1 aromatic heterocycles. The zero-order chi connectivity index (χ0) is 20.4. The third-order valence-corrected chi connectivity index (χ3v) is 5.18. The molecule has 0 spiro atoms. The molecule has 0 aliphatic carbocycles. The molecule has 2 atom stereocenters. The second-order valence-corrected chi connectivity index (χ2v) is 7.50. The first-order valence-electron chi connectivity index (χ1n) is 9.47. The van der Waals surface area contributed by atoms with Gasteiger partial charge in [0.25, 0.3) is 5.91 Å². The molecule has 2 heterocycles. The second-order valence-electron chi connectivity index (χ2n) is 7.50. The van der Waals surface area contributed by atoms with Gasteiger partial charge in [-0.1, -0.05) is 6.07 Å². The molecule has 6 nitrogen and oxygen atoms in total. The Morgan fingerprint density at radius 3 is 2.64 bits per heavy atom. The Hall–Kier alpha value is -2.69. The van der Waals surface area contributed by atoms with E-state index < -0.39 is 0 Å². The van der Waals surface area contributed by atoms with Crippen molar-refractivity contribution >= 4 is 11.7 Å². The molecule has 0 unspecified atom stereocenters. The summed E-state index contributed by atoms with van der Waals surface area (Å²) in [7, 11) is 0. The van der Waals surface area contributed by atoms with E-state index in [2.05, 4.69) is 11.4 Å². The number of aromatic nitrogens is 1. The summed E-state index contributed by atoms with van der Waals surface area (Å²) in [6, 6.07) is 8.29. The fourth-order valence-electron chi connectivity index (χ4n) is 3.94. The molecule has 1 amide bonds. The van der Waals surface area contributed by atoms with E-state index in [0.29, 0.717) is 17.1 Å². The highest BCUT2D eigenvalue weighted by atomic mass is 19.1. The van der Waals surface area contributed by atoms with Crippen LogP contribution in [0.15, 0.2) is 24.3 Å². The third kappa shape index (κ3) is 4.08. The Morgan fingerprint density at radius 1 is 1.36 bits per heavy atom. The van der Waals surface area contributed by atoms with Crippen molar-refractivity contribution in [1.29, 1.82) is 5.26 Å². The molecule has 2 aromatic rings. The minimum absolute atomic E-state index is 0.0989. The Morgan fingerprint density at radius 2 is 2.04 bits per heavy atom. The van der Waals surface area contributed by atoms with E-state index in [1.807, 2.05) is 27.7 Å². The van der Waals surface area contributed by atoms with Crippen molar-refractivity contribution in [2.75, 3.05) is 25.0 Å². The fourth-order valence-corrected chi connectivity index (χ4v) is 3.94. The zero-order valence-corrected chi connectivity index (χ0v) is 16.7. The zero-order valence-electron chi connectivity index (χ0n) is 16.7. The van der Waals surface area contributed by atoms with Crippen LogP contribution in [0.5, 0.6) is 0 Å². The summed E-state index contributed by atoms with van der Waals surface area (Å²) in [5.41, 5.74) is 2.52. The van der Waals surface area contributed by atoms with Gasteiger partial charge in [-0.15, -0.1) is 0 Å². The van der Waals surface area contributed by atoms with Crippen LogP contribution in [0.1, 0.15) is 30.7 Å². The lowest BCUT2D eigenvalue weighted by atomic mass is 10.2. The number of hydrogen-bond donors (Lipinski definition) is 2. The smallest absolute Gasteiger partial charge is 0.280 e. The number of benzene rings is 1. The van der Waals surface area contributed by atoms with Crippen LogP contribution in [0.2, 0.25) is 0 Å². The monoisotopic (exact) mass is 385 g/mol. The van der Waals surface area contributed by atoms with E-state index in [0.717, 1.165) is 29.2 Å². The molecule has 1 fully saturated rings. The van der Waals surface area contributed by atoms with Crippen LogP contribution in [0.25, 0.3) is 5.69 Å². The van der Waals surface area contributed by atoms with Crippen LogP contribution in [-0.4, -0.2) is 42.3 Å². The maximum atomic E-state index is 13.8. The van der Waals surface area contributed by atoms with Crippen molar-refractivity contribution in [3.63, 3.8) is 0 Å². The molecule has 1 saturated heterocycles. The van der Waals surface area contributed by atoms with Gasteiger partial charge in [-0.05, 0) is 51.5 Å². The van der Waals surface area contributed by atoms with Gasteiger partial charge in [-0.25, -0.2) is 4.39 Å². The highest BCUT2D eigenvalue weighted by molar-refractivity contribution is 5.93. The van der Waals surface area contributed by atoms with E-state index in [1.165, 1.54) is 12.1 Å². The van der Waals surface area contributed by atoms with Crippen LogP contribution in [-0.2, 0) is 9.53 Å². The number of quaternary nitrogens is 1. The number of ether oxygens (including phenoxy) is 1. The number of anilines is 1. The topological polar surface area (TPSA) is 71.5 Å². The number of nitrogens with zero attached hydrogens (tertiary/aromatic N) is 2. The van der Waals surface area contributed by atoms with Gasteiger partial charge in [0.2, 0.25) is 0 Å². The predicted octanol–water partition coefficient (Wildman–Crippen LogP) is 1.74. The molecule has 2 N–H and O–H groups in total. The largest absolute Gasteiger partial charge is 0.364 e. The summed E-state index contributed by atoms with van der Waals surface area (Å²) in [5, 5.41) is 12.5. The fraction of sp³-hybridized carbons (Fsp3) is 0.429. The highest BCUT2D eigenvalue weighted by Crippen LogP contribution is 2.30. The van der Waals surface area contributed by atoms with Gasteiger partial charge in [-0.2, -0.15) is 5.26 Å². The van der Waals surface area contributed by atoms with Crippen molar-refractivity contribution in [2.24, 2.45) is 0 Å². The number of hydrogen-bond acceptors (Lipinski definition) is 3. The van der Waals surface area contributed by atoms with Crippen molar-refractivity contribution in [2.45, 2.75) is 39.9 Å². The lowest BCUT2D eigenvalue weighted by molar-refractivity contribution is -0.907. The quantitative estimate of drug-likeness (QED) is 0.842. The Bertz CT molecular complexity index is 921. The lowest BCUT2D eigenvalue weighted by Gasteiger charge is -2.31. The number of carbonyl (C=O) groups excluding carboxylic acids is 1. The van der Waals surface area contributed by atoms with Gasteiger partial charge >= 0.3 is 0 Å². The SMILES string of the molecule is Cc1c(C#N)c(NC(=O)C[NH+]2C[C@@H](C)O[C@H](C)C2)n(-c2cccc(F)c2)c1C. The van der Waals surface area contributed by atoms with Crippen LogP contribution >= 0.6 is 0 Å². The number of morpholine rings is 1. The second kappa shape index (κ2) is 8.13. The standard InChI is InChI=1S/C21H25FN4O2/c1-13-10-25(11-14(2)28-13)12-20(27)24-21-19(9-23)15(3)16(4)26(21)18-7-5-6-17(22)8-18/h5-8,13-14H,10-12H2,1-4H3,(H,24,27)/p+1/t13-,14-/m1/s1. The molecule has 0 saturated carbocycles. The van der Waals surface area contributed by atoms with Crippen molar-refractivity contribution in [3.8, 4) is 11.8 Å². The lowest BCUT2D eigenvalue weighted by Crippen LogP contribution is -3.16. The predicted molar refractivity (Wildman–Crippen MR) is 104 cm³/mol. The first-order chi connectivity index (χ1) is 13.3. The summed E-state index contributed by atoms with van der Waals surface area (Å²) in [6.07, 6.45) is 0.198. The molecule has 1 aliphatic rings. The number of carbonyl (C=O) groups is 1. The van der Waals surface area contributed by atoms with Gasteiger partial charge in [0, 0.05) is 5.69 Å². The summed E-state index contributed by atoms with van der Waals surface area (Å²) >= 11 is 0. The van der Waals surface area contributed by atoms with E-state index in [-0.39, 0.29) is 30.5 Å². The van der Waals surface area contributed by atoms with Crippen molar-refractivity contribution in [3.05, 3.63) is 46.9 Å². The minimum atomic E-state index is -0.375. The highest BCUT2D eigenvalue weighted by Gasteiger charge is 2.28. The summed E-state index contributed by atoms with van der Waals surface area (Å²) in [6.45, 7) is 9.49. The van der Waals surface area contributed by atoms with E-state index in [4.69, 9.17) is 4.74 Å². The molecule has 3 rings (SSSR count). The molecule has 0 radical (unpaired) electrons. The van der Waals surface area contributed by atoms with E-state index in [9.17, 15) is 14.4 Å². The van der Waals surface area contributed by atoms with Crippen LogP contribution in [0.4, 0.5) is 10.2 Å². The first-order valence-corrected chi connectivity index (χ1v) is 9.47. The van der Waals surface area contributed by atoms with Gasteiger partial charge in [0.15, 0.2) is 6.54 Å². The average molecular weight is 385 g/mol. The molecule has 7 heteroatoms. The number of nitriles is 1. The number of halogens is 1. The van der Waals surface area contributed by atoms with Crippen LogP contribution < -0.4 is 10.2 Å². The molecular formula is C21H26FN4O2+. The normalized spacial score (nSPS) is 21.9. The van der Waals surface area contributed by atoms with Gasteiger partial charge < -0.3 is 15.0 Å². The third-order valence-electron chi connectivity index (χ3n) is 5.18. The number of rotatable bonds is 4. The Labute approximate surface area is 164 Å². The molecular weight excluding hydrogens is 359 g/mol. The molecule has 1 aromatic carbocycles. The molecule has 1 aliphatic heterocycles. The Kier molecular flexibility index (Phi) is 5.82. The Balaban J connectivity index is 1.90. The van der Waals surface area contributed by atoms with Crippen LogP contribution in [0.3, 0.4) is 0 Å². The maximum Gasteiger partial charge on any atom is 0.280 e. The first kappa shape index (κ1) is 20.1. The van der Waals surface area contributed by atoms with Gasteiger partial charge in [0.1, 0.15) is 43.0 Å². The van der Waals surface area contributed by atoms with E-state index in [1.54, 1.807) is 16.7 Å². The van der Waals surface area contributed by atoms with Gasteiger partial charge in [0.05, 0.1) is 11.3 Å². The number of amides is 1. The molecule has 28 heavy (non-hydrogen) atoms. The van der Waals surface area contributed by atoms with Crippen LogP contribution in [0, 0.1) is 31.0 Å². The van der Waals surface area contributed by atoms with Crippen molar-refractivity contribution in [1.82, 2.24) is 4.57 Å². The van der Waals surface area contributed by atoms with Gasteiger partial charge in [-0.3, -0.25) is 9.36 Å². The summed E-state index contributed by atoms with van der Waals surface area (Å²) in [5.74, 6) is -0.162. The minimum Gasteiger partial charge on any atom is -0.364 e. The summed E-state index contributed by atoms with van der Waals surface area (Å²) in [4.78, 5) is 13.9. The summed E-state index contributed by atoms with van der Waals surface area (Å²) < 4.78 is 21.2. The molecule has 148 valence electrons. The van der Waals surface area contributed by atoms with E-state index >= 15 is 0 Å². The molecule has 0 bridgehead atoms. The number of nitrogens with one attached hydrogen (secondary N) is 2. The van der Waals surface area contributed by atoms with Crippen molar-refractivity contribution < 1.29 is 18.8 Å². The maximum absolute atomic E-state index is 13.8.